The molecule has 0 unspecified atom stereocenters. The number of benzene rings is 2. The van der Waals surface area contributed by atoms with E-state index in [0.717, 1.165) is 17.7 Å². The van der Waals surface area contributed by atoms with E-state index in [4.69, 9.17) is 0 Å². The molecule has 0 atom stereocenters. The molecular weight excluding hydrogens is 222 g/mol. The standard InChI is InChI=1S/C16H19NO/c1-12-5-3-7-14(9-12)10-17-11-15-8-4-6-13(2)16(15)18/h3-9,17-18H,10-11H2,1-2H3. The minimum absolute atomic E-state index is 0.397. The van der Waals surface area contributed by atoms with Gasteiger partial charge in [0.1, 0.15) is 5.75 Å². The van der Waals surface area contributed by atoms with E-state index in [1.807, 2.05) is 25.1 Å². The van der Waals surface area contributed by atoms with Crippen molar-refractivity contribution in [2.75, 3.05) is 0 Å². The summed E-state index contributed by atoms with van der Waals surface area (Å²) < 4.78 is 0. The number of phenols is 1. The van der Waals surface area contributed by atoms with E-state index in [1.54, 1.807) is 0 Å². The fourth-order valence-corrected chi connectivity index (χ4v) is 2.03. The second-order valence-corrected chi connectivity index (χ2v) is 4.68. The van der Waals surface area contributed by atoms with Crippen molar-refractivity contribution in [1.82, 2.24) is 5.32 Å². The molecular formula is C16H19NO. The summed E-state index contributed by atoms with van der Waals surface area (Å²) in [5.74, 6) is 0.397. The maximum absolute atomic E-state index is 9.90. The smallest absolute Gasteiger partial charge is 0.122 e. The lowest BCUT2D eigenvalue weighted by Crippen LogP contribution is -2.13. The monoisotopic (exact) mass is 241 g/mol. The fourth-order valence-electron chi connectivity index (χ4n) is 2.03. The normalized spacial score (nSPS) is 10.6. The van der Waals surface area contributed by atoms with Crippen LogP contribution in [0.4, 0.5) is 0 Å². The number of hydrogen-bond donors (Lipinski definition) is 2. The van der Waals surface area contributed by atoms with Crippen LogP contribution in [0.3, 0.4) is 0 Å². The third-order valence-corrected chi connectivity index (χ3v) is 3.05. The molecule has 0 radical (unpaired) electrons. The lowest BCUT2D eigenvalue weighted by atomic mass is 10.1. The molecule has 0 aliphatic rings. The molecule has 0 saturated heterocycles. The van der Waals surface area contributed by atoms with Crippen LogP contribution in [0.2, 0.25) is 0 Å². The van der Waals surface area contributed by atoms with E-state index in [-0.39, 0.29) is 0 Å². The predicted molar refractivity (Wildman–Crippen MR) is 74.6 cm³/mol. The van der Waals surface area contributed by atoms with E-state index >= 15 is 0 Å². The number of aromatic hydroxyl groups is 1. The average Bonchev–Trinajstić information content (AvgIpc) is 2.35. The van der Waals surface area contributed by atoms with Crippen LogP contribution < -0.4 is 5.32 Å². The zero-order valence-electron chi connectivity index (χ0n) is 10.9. The van der Waals surface area contributed by atoms with Gasteiger partial charge in [0.05, 0.1) is 0 Å². The van der Waals surface area contributed by atoms with E-state index in [1.165, 1.54) is 11.1 Å². The highest BCUT2D eigenvalue weighted by atomic mass is 16.3. The average molecular weight is 241 g/mol. The molecule has 2 nitrogen and oxygen atoms in total. The first-order valence-corrected chi connectivity index (χ1v) is 6.20. The van der Waals surface area contributed by atoms with Crippen LogP contribution in [0, 0.1) is 13.8 Å². The first kappa shape index (κ1) is 12.7. The number of phenolic OH excluding ortho intramolecular Hbond substituents is 1. The van der Waals surface area contributed by atoms with Gasteiger partial charge in [0.2, 0.25) is 0 Å². The van der Waals surface area contributed by atoms with Crippen LogP contribution in [-0.2, 0) is 13.1 Å². The summed E-state index contributed by atoms with van der Waals surface area (Å²) in [5.41, 5.74) is 4.40. The number of rotatable bonds is 4. The van der Waals surface area contributed by atoms with Gasteiger partial charge in [-0.3, -0.25) is 0 Å². The molecule has 18 heavy (non-hydrogen) atoms. The van der Waals surface area contributed by atoms with Gasteiger partial charge in [-0.2, -0.15) is 0 Å². The van der Waals surface area contributed by atoms with Gasteiger partial charge < -0.3 is 10.4 Å². The van der Waals surface area contributed by atoms with Crippen LogP contribution in [-0.4, -0.2) is 5.11 Å². The molecule has 0 heterocycles. The molecule has 2 rings (SSSR count). The van der Waals surface area contributed by atoms with E-state index in [0.29, 0.717) is 12.3 Å². The van der Waals surface area contributed by atoms with Crippen molar-refractivity contribution in [3.05, 3.63) is 64.7 Å². The Balaban J connectivity index is 1.94. The maximum Gasteiger partial charge on any atom is 0.122 e. The van der Waals surface area contributed by atoms with Gasteiger partial charge in [0.15, 0.2) is 0 Å². The van der Waals surface area contributed by atoms with Crippen molar-refractivity contribution in [2.24, 2.45) is 0 Å². The van der Waals surface area contributed by atoms with Gasteiger partial charge in [-0.15, -0.1) is 0 Å². The Hall–Kier alpha value is -1.80. The molecule has 0 fully saturated rings. The van der Waals surface area contributed by atoms with Gasteiger partial charge in [0, 0.05) is 18.7 Å². The summed E-state index contributed by atoms with van der Waals surface area (Å²) >= 11 is 0. The largest absolute Gasteiger partial charge is 0.507 e. The number of aryl methyl sites for hydroxylation is 2. The van der Waals surface area contributed by atoms with Crippen LogP contribution in [0.15, 0.2) is 42.5 Å². The Morgan fingerprint density at radius 2 is 1.78 bits per heavy atom. The lowest BCUT2D eigenvalue weighted by molar-refractivity contribution is 0.460. The van der Waals surface area contributed by atoms with Crippen LogP contribution in [0.25, 0.3) is 0 Å². The van der Waals surface area contributed by atoms with Gasteiger partial charge >= 0.3 is 0 Å². The van der Waals surface area contributed by atoms with Crippen molar-refractivity contribution in [1.29, 1.82) is 0 Å². The summed E-state index contributed by atoms with van der Waals surface area (Å²) in [5, 5.41) is 13.3. The van der Waals surface area contributed by atoms with Gasteiger partial charge in [-0.25, -0.2) is 0 Å². The molecule has 0 bridgehead atoms. The minimum atomic E-state index is 0.397. The summed E-state index contributed by atoms with van der Waals surface area (Å²) in [6.45, 7) is 5.51. The van der Waals surface area contributed by atoms with E-state index in [9.17, 15) is 5.11 Å². The molecule has 2 N–H and O–H groups in total. The molecule has 2 heteroatoms. The Morgan fingerprint density at radius 3 is 2.56 bits per heavy atom. The summed E-state index contributed by atoms with van der Waals surface area (Å²) in [4.78, 5) is 0. The number of para-hydroxylation sites is 1. The zero-order valence-corrected chi connectivity index (χ0v) is 10.9. The van der Waals surface area contributed by atoms with E-state index < -0.39 is 0 Å². The topological polar surface area (TPSA) is 32.3 Å². The third kappa shape index (κ3) is 3.11. The second-order valence-electron chi connectivity index (χ2n) is 4.68. The molecule has 0 amide bonds. The Bertz CT molecular complexity index is 534. The van der Waals surface area contributed by atoms with Gasteiger partial charge in [-0.1, -0.05) is 48.0 Å². The SMILES string of the molecule is Cc1cccc(CNCc2cccc(C)c2O)c1. The Labute approximate surface area is 108 Å². The van der Waals surface area contributed by atoms with Crippen molar-refractivity contribution in [3.63, 3.8) is 0 Å². The molecule has 0 aliphatic carbocycles. The summed E-state index contributed by atoms with van der Waals surface area (Å²) in [6, 6.07) is 14.3. The third-order valence-electron chi connectivity index (χ3n) is 3.05. The second kappa shape index (κ2) is 5.69. The molecule has 2 aromatic carbocycles. The highest BCUT2D eigenvalue weighted by Crippen LogP contribution is 2.21. The molecule has 94 valence electrons. The number of hydrogen-bond acceptors (Lipinski definition) is 2. The van der Waals surface area contributed by atoms with Crippen LogP contribution in [0.5, 0.6) is 5.75 Å². The van der Waals surface area contributed by atoms with Crippen molar-refractivity contribution < 1.29 is 5.11 Å². The van der Waals surface area contributed by atoms with Gasteiger partial charge in [0.25, 0.3) is 0 Å². The fraction of sp³-hybridized carbons (Fsp3) is 0.250. The van der Waals surface area contributed by atoms with Crippen molar-refractivity contribution >= 4 is 0 Å². The van der Waals surface area contributed by atoms with E-state index in [2.05, 4.69) is 36.5 Å². The first-order chi connectivity index (χ1) is 8.66. The summed E-state index contributed by atoms with van der Waals surface area (Å²) in [6.07, 6.45) is 0. The van der Waals surface area contributed by atoms with Crippen molar-refractivity contribution in [2.45, 2.75) is 26.9 Å². The quantitative estimate of drug-likeness (QED) is 0.860. The first-order valence-electron chi connectivity index (χ1n) is 6.20. The zero-order chi connectivity index (χ0) is 13.0. The highest BCUT2D eigenvalue weighted by molar-refractivity contribution is 5.39. The van der Waals surface area contributed by atoms with Crippen molar-refractivity contribution in [3.8, 4) is 5.75 Å². The minimum Gasteiger partial charge on any atom is -0.507 e. The Kier molecular flexibility index (Phi) is 4.00. The van der Waals surface area contributed by atoms with Crippen LogP contribution in [0.1, 0.15) is 22.3 Å². The maximum atomic E-state index is 9.90. The summed E-state index contributed by atoms with van der Waals surface area (Å²) in [7, 11) is 0. The molecule has 0 spiro atoms. The van der Waals surface area contributed by atoms with Gasteiger partial charge in [-0.05, 0) is 25.0 Å². The predicted octanol–water partition coefficient (Wildman–Crippen LogP) is 3.30. The molecule has 2 aromatic rings. The highest BCUT2D eigenvalue weighted by Gasteiger charge is 2.02. The Morgan fingerprint density at radius 1 is 1.00 bits per heavy atom. The lowest BCUT2D eigenvalue weighted by Gasteiger charge is -2.09. The molecule has 0 aliphatic heterocycles. The molecule has 0 aromatic heterocycles. The van der Waals surface area contributed by atoms with Crippen LogP contribution >= 0.6 is 0 Å². The number of nitrogens with one attached hydrogen (secondary N) is 1. The molecule has 0 saturated carbocycles.